The largest absolute Gasteiger partial charge is 0.307 e. The van der Waals surface area contributed by atoms with Gasteiger partial charge in [-0.05, 0) is 121 Å². The zero-order valence-electron chi connectivity index (χ0n) is 24.8. The molecule has 3 aromatic heterocycles. The highest BCUT2D eigenvalue weighted by Crippen LogP contribution is 2.61. The lowest BCUT2D eigenvalue weighted by Crippen LogP contribution is -2.48. The second kappa shape index (κ2) is 7.58. The molecule has 0 radical (unpaired) electrons. The van der Waals surface area contributed by atoms with Crippen LogP contribution >= 0.6 is 0 Å². The van der Waals surface area contributed by atoms with Gasteiger partial charge < -0.3 is 4.40 Å². The van der Waals surface area contributed by atoms with Gasteiger partial charge in [0, 0.05) is 16.8 Å². The Kier molecular flexibility index (Phi) is 4.46. The summed E-state index contributed by atoms with van der Waals surface area (Å²) in [5.74, 6) is 2.85. The minimum atomic E-state index is 0.234. The fourth-order valence-corrected chi connectivity index (χ4v) is 10.3. The van der Waals surface area contributed by atoms with Gasteiger partial charge in [0.1, 0.15) is 7.05 Å². The second-order valence-electron chi connectivity index (χ2n) is 15.5. The molecule has 4 aliphatic rings. The topological polar surface area (TPSA) is 8.29 Å². The van der Waals surface area contributed by atoms with Crippen LogP contribution in [0.4, 0.5) is 0 Å². The maximum Gasteiger partial charge on any atom is 0.224 e. The SMILES string of the molecule is Cc1ccc2c3c(CC(C)(C)C)cccc3n3c4cc(C56CC7CC(CC(C7)C5)C6)cc5cc[n+](C)c(c1c23)c54. The number of hydrogen-bond acceptors (Lipinski definition) is 0. The van der Waals surface area contributed by atoms with Gasteiger partial charge in [0.25, 0.3) is 0 Å². The third kappa shape index (κ3) is 3.03. The standard InChI is InChI=1S/C38H41N2/c1-22-9-10-29-33-27(21-37(2,3)4)7-6-8-30(33)40-31-17-28(38-18-23-13-24(19-38)15-25(14-23)20-38)16-26-11-12-39(5)36(34(26)31)32(22)35(29)40/h6-12,16-17,23-25H,13-15,18-21H2,1-5H3/q+1. The second-order valence-corrected chi connectivity index (χ2v) is 15.5. The smallest absolute Gasteiger partial charge is 0.224 e. The molecule has 202 valence electrons. The van der Waals surface area contributed by atoms with Crippen molar-refractivity contribution in [1.29, 1.82) is 0 Å². The van der Waals surface area contributed by atoms with E-state index in [0.717, 1.165) is 24.2 Å². The predicted molar refractivity (Wildman–Crippen MR) is 168 cm³/mol. The number of pyridine rings is 2. The van der Waals surface area contributed by atoms with Crippen LogP contribution in [0.25, 0.3) is 49.0 Å². The van der Waals surface area contributed by atoms with Crippen molar-refractivity contribution in [3.8, 4) is 0 Å². The zero-order valence-corrected chi connectivity index (χ0v) is 24.8. The summed E-state index contributed by atoms with van der Waals surface area (Å²) in [5, 5.41) is 7.14. The average molecular weight is 526 g/mol. The molecule has 0 unspecified atom stereocenters. The Bertz CT molecular complexity index is 1980. The van der Waals surface area contributed by atoms with Crippen LogP contribution in [0.5, 0.6) is 0 Å². The third-order valence-electron chi connectivity index (χ3n) is 11.3. The van der Waals surface area contributed by atoms with E-state index in [4.69, 9.17) is 0 Å². The van der Waals surface area contributed by atoms with Gasteiger partial charge in [0.05, 0.1) is 27.3 Å². The molecule has 0 saturated heterocycles. The molecule has 10 rings (SSSR count). The van der Waals surface area contributed by atoms with Gasteiger partial charge in [-0.1, -0.05) is 45.0 Å². The minimum Gasteiger partial charge on any atom is -0.307 e. The molecule has 0 aliphatic heterocycles. The number of benzene rings is 3. The molecule has 0 atom stereocenters. The van der Waals surface area contributed by atoms with E-state index >= 15 is 0 Å². The normalized spacial score (nSPS) is 26.5. The molecule has 6 aromatic rings. The molecule has 4 fully saturated rings. The zero-order chi connectivity index (χ0) is 27.1. The molecule has 0 spiro atoms. The fourth-order valence-electron chi connectivity index (χ4n) is 10.3. The van der Waals surface area contributed by atoms with Crippen molar-refractivity contribution >= 4 is 49.0 Å². The van der Waals surface area contributed by atoms with E-state index < -0.39 is 0 Å². The van der Waals surface area contributed by atoms with E-state index in [9.17, 15) is 0 Å². The van der Waals surface area contributed by atoms with Gasteiger partial charge in [-0.15, -0.1) is 0 Å². The lowest BCUT2D eigenvalue weighted by atomic mass is 9.48. The first-order chi connectivity index (χ1) is 19.2. The van der Waals surface area contributed by atoms with E-state index in [1.165, 1.54) is 98.6 Å². The molecule has 0 N–H and O–H groups in total. The van der Waals surface area contributed by atoms with E-state index in [1.54, 1.807) is 5.56 Å². The summed E-state index contributed by atoms with van der Waals surface area (Å²) in [5.41, 5.74) is 10.7. The molecule has 4 bridgehead atoms. The summed E-state index contributed by atoms with van der Waals surface area (Å²) in [4.78, 5) is 0. The number of aryl methyl sites for hydroxylation is 2. The van der Waals surface area contributed by atoms with Gasteiger partial charge in [0.2, 0.25) is 5.52 Å². The minimum absolute atomic E-state index is 0.234. The van der Waals surface area contributed by atoms with Crippen molar-refractivity contribution in [2.75, 3.05) is 0 Å². The molecular formula is C38H41N2+. The Morgan fingerprint density at radius 3 is 2.27 bits per heavy atom. The summed E-state index contributed by atoms with van der Waals surface area (Å²) in [7, 11) is 2.24. The summed E-state index contributed by atoms with van der Waals surface area (Å²) < 4.78 is 5.06. The number of fused-ring (bicyclic) bond motifs is 5. The summed E-state index contributed by atoms with van der Waals surface area (Å²) in [6.45, 7) is 9.41. The van der Waals surface area contributed by atoms with Gasteiger partial charge >= 0.3 is 0 Å². The maximum absolute atomic E-state index is 2.68. The van der Waals surface area contributed by atoms with E-state index in [2.05, 4.69) is 98.4 Å². The summed E-state index contributed by atoms with van der Waals surface area (Å²) >= 11 is 0. The van der Waals surface area contributed by atoms with E-state index in [-0.39, 0.29) is 5.41 Å². The Morgan fingerprint density at radius 2 is 1.57 bits per heavy atom. The Hall–Kier alpha value is -3.13. The van der Waals surface area contributed by atoms with Crippen molar-refractivity contribution < 1.29 is 4.57 Å². The van der Waals surface area contributed by atoms with Crippen LogP contribution in [0.15, 0.2) is 54.7 Å². The molecule has 4 aliphatic carbocycles. The number of rotatable bonds is 2. The molecule has 3 heterocycles. The number of nitrogens with zero attached hydrogens (tertiary/aromatic N) is 2. The van der Waals surface area contributed by atoms with Crippen LogP contribution in [-0.2, 0) is 18.9 Å². The Morgan fingerprint density at radius 1 is 0.850 bits per heavy atom. The molecule has 40 heavy (non-hydrogen) atoms. The van der Waals surface area contributed by atoms with Gasteiger partial charge in [-0.25, -0.2) is 4.57 Å². The van der Waals surface area contributed by atoms with Crippen LogP contribution < -0.4 is 4.57 Å². The average Bonchev–Trinajstić information content (AvgIpc) is 3.23. The molecular weight excluding hydrogens is 484 g/mol. The molecule has 2 nitrogen and oxygen atoms in total. The third-order valence-corrected chi connectivity index (χ3v) is 11.3. The van der Waals surface area contributed by atoms with Crippen LogP contribution in [0, 0.1) is 30.1 Å². The number of hydrogen-bond donors (Lipinski definition) is 0. The first-order valence-corrected chi connectivity index (χ1v) is 15.7. The van der Waals surface area contributed by atoms with Crippen LogP contribution in [0.2, 0.25) is 0 Å². The van der Waals surface area contributed by atoms with Gasteiger partial charge in [0.15, 0.2) is 6.20 Å². The van der Waals surface area contributed by atoms with Crippen molar-refractivity contribution in [3.63, 3.8) is 0 Å². The quantitative estimate of drug-likeness (QED) is 0.121. The van der Waals surface area contributed by atoms with Crippen LogP contribution in [-0.4, -0.2) is 4.40 Å². The van der Waals surface area contributed by atoms with Crippen LogP contribution in [0.1, 0.15) is 76.0 Å². The van der Waals surface area contributed by atoms with E-state index in [0.29, 0.717) is 5.41 Å². The Balaban J connectivity index is 1.47. The maximum atomic E-state index is 2.68. The number of aromatic nitrogens is 2. The van der Waals surface area contributed by atoms with Crippen molar-refractivity contribution in [2.45, 2.75) is 78.1 Å². The fraction of sp³-hybridized carbons (Fsp3) is 0.447. The highest BCUT2D eigenvalue weighted by atomic mass is 15.0. The summed E-state index contributed by atoms with van der Waals surface area (Å²) in [6, 6.07) is 19.5. The first-order valence-electron chi connectivity index (χ1n) is 15.7. The van der Waals surface area contributed by atoms with E-state index in [1.807, 2.05) is 0 Å². The van der Waals surface area contributed by atoms with Crippen LogP contribution in [0.3, 0.4) is 0 Å². The Labute approximate surface area is 237 Å². The molecule has 3 aromatic carbocycles. The van der Waals surface area contributed by atoms with Gasteiger partial charge in [-0.2, -0.15) is 0 Å². The van der Waals surface area contributed by atoms with Crippen molar-refractivity contribution in [1.82, 2.24) is 4.40 Å². The lowest BCUT2D eigenvalue weighted by Gasteiger charge is -2.57. The van der Waals surface area contributed by atoms with Crippen molar-refractivity contribution in [3.05, 3.63) is 71.4 Å². The molecule has 2 heteroatoms. The molecule has 4 saturated carbocycles. The van der Waals surface area contributed by atoms with Crippen molar-refractivity contribution in [2.24, 2.45) is 30.2 Å². The van der Waals surface area contributed by atoms with Gasteiger partial charge in [-0.3, -0.25) is 0 Å². The highest BCUT2D eigenvalue weighted by Gasteiger charge is 2.51. The first kappa shape index (κ1) is 23.6. The summed E-state index contributed by atoms with van der Waals surface area (Å²) in [6.07, 6.45) is 12.1. The monoisotopic (exact) mass is 525 g/mol. The lowest BCUT2D eigenvalue weighted by molar-refractivity contribution is -0.643. The molecule has 0 amide bonds. The predicted octanol–water partition coefficient (Wildman–Crippen LogP) is 9.18. The highest BCUT2D eigenvalue weighted by molar-refractivity contribution is 6.26.